The fourth-order valence-corrected chi connectivity index (χ4v) is 4.24. The average Bonchev–Trinajstić information content (AvgIpc) is 3.02. The normalized spacial score (nSPS) is 16.8. The number of hydrogen-bond donors (Lipinski definition) is 1. The van der Waals surface area contributed by atoms with Gasteiger partial charge in [0.1, 0.15) is 5.75 Å². The van der Waals surface area contributed by atoms with E-state index >= 15 is 0 Å². The lowest BCUT2D eigenvalue weighted by Gasteiger charge is -2.33. The Kier molecular flexibility index (Phi) is 8.99. The van der Waals surface area contributed by atoms with E-state index in [0.29, 0.717) is 5.17 Å². The monoisotopic (exact) mass is 442 g/mol. The number of aliphatic imine (C=N–C) groups is 1. The zero-order chi connectivity index (χ0) is 23.1. The van der Waals surface area contributed by atoms with Crippen LogP contribution in [0.5, 0.6) is 5.75 Å². The molecule has 1 N–H and O–H groups in total. The topological polar surface area (TPSA) is 50.7 Å². The first-order valence-electron chi connectivity index (χ1n) is 11.4. The molecule has 0 bridgehead atoms. The van der Waals surface area contributed by atoms with Crippen molar-refractivity contribution in [1.82, 2.24) is 5.32 Å². The molecule has 170 valence electrons. The number of hydrogen-bond acceptors (Lipinski definition) is 4. The molecule has 0 saturated carbocycles. The molecule has 1 amide bonds. The predicted octanol–water partition coefficient (Wildman–Crippen LogP) is 6.86. The molecule has 2 rings (SSSR count). The molecule has 0 spiro atoms. The van der Waals surface area contributed by atoms with Crippen molar-refractivity contribution in [2.45, 2.75) is 91.1 Å². The van der Waals surface area contributed by atoms with E-state index in [1.54, 1.807) is 13.1 Å². The number of carbonyl (C=O) groups is 1. The molecule has 0 radical (unpaired) electrons. The van der Waals surface area contributed by atoms with Gasteiger partial charge < -0.3 is 10.1 Å². The summed E-state index contributed by atoms with van der Waals surface area (Å²) in [4.78, 5) is 17.0. The third-order valence-corrected chi connectivity index (χ3v) is 7.15. The van der Waals surface area contributed by atoms with Crippen molar-refractivity contribution in [2.24, 2.45) is 4.99 Å². The Bertz CT molecular complexity index is 857. The Hall–Kier alpha value is -2.01. The van der Waals surface area contributed by atoms with Gasteiger partial charge in [-0.2, -0.15) is 0 Å². The van der Waals surface area contributed by atoms with Crippen LogP contribution in [0.3, 0.4) is 0 Å². The fraction of sp³-hybridized carbons (Fsp3) is 0.538. The molecule has 0 aliphatic carbocycles. The molecule has 0 aromatic heterocycles. The van der Waals surface area contributed by atoms with Gasteiger partial charge in [-0.05, 0) is 60.1 Å². The van der Waals surface area contributed by atoms with Crippen LogP contribution < -0.4 is 10.1 Å². The number of allylic oxidation sites excluding steroid dienone is 2. The van der Waals surface area contributed by atoms with Crippen LogP contribution in [-0.2, 0) is 15.6 Å². The van der Waals surface area contributed by atoms with Gasteiger partial charge in [-0.25, -0.2) is 4.99 Å². The zero-order valence-electron chi connectivity index (χ0n) is 20.1. The van der Waals surface area contributed by atoms with E-state index in [0.717, 1.165) is 37.0 Å². The average molecular weight is 443 g/mol. The van der Waals surface area contributed by atoms with Gasteiger partial charge in [-0.15, -0.1) is 0 Å². The lowest BCUT2D eigenvalue weighted by Crippen LogP contribution is -2.39. The number of carbonyl (C=O) groups excluding carboxylic acids is 1. The second-order valence-corrected chi connectivity index (χ2v) is 9.98. The van der Waals surface area contributed by atoms with E-state index in [1.165, 1.54) is 17.3 Å². The molecule has 4 nitrogen and oxygen atoms in total. The maximum atomic E-state index is 12.7. The maximum absolute atomic E-state index is 12.7. The molecule has 0 saturated heterocycles. The van der Waals surface area contributed by atoms with E-state index in [-0.39, 0.29) is 16.7 Å². The SMILES string of the molecule is CCCC(C)(CC)c1ccc(OC(C)C(=O)NC2=NC=CC=CS2)c(C(C)(C)CC)c1. The number of ether oxygens (including phenoxy) is 1. The Morgan fingerprint density at radius 3 is 2.55 bits per heavy atom. The van der Waals surface area contributed by atoms with Gasteiger partial charge in [-0.3, -0.25) is 4.79 Å². The van der Waals surface area contributed by atoms with Gasteiger partial charge in [0.05, 0.1) is 0 Å². The van der Waals surface area contributed by atoms with Crippen molar-refractivity contribution < 1.29 is 9.53 Å². The van der Waals surface area contributed by atoms with Crippen LogP contribution in [0.4, 0.5) is 0 Å². The van der Waals surface area contributed by atoms with Crippen molar-refractivity contribution in [3.8, 4) is 5.75 Å². The second-order valence-electron chi connectivity index (χ2n) is 9.08. The smallest absolute Gasteiger partial charge is 0.266 e. The van der Waals surface area contributed by atoms with Crippen molar-refractivity contribution >= 4 is 22.8 Å². The molecule has 1 aliphatic rings. The molecule has 1 aromatic rings. The van der Waals surface area contributed by atoms with E-state index in [4.69, 9.17) is 4.74 Å². The van der Waals surface area contributed by atoms with E-state index < -0.39 is 6.10 Å². The number of amidine groups is 1. The van der Waals surface area contributed by atoms with Crippen molar-refractivity contribution in [1.29, 1.82) is 0 Å². The number of nitrogens with one attached hydrogen (secondary N) is 1. The van der Waals surface area contributed by atoms with E-state index in [1.807, 2.05) is 17.6 Å². The summed E-state index contributed by atoms with van der Waals surface area (Å²) < 4.78 is 6.22. The number of rotatable bonds is 9. The first-order chi connectivity index (χ1) is 14.7. The maximum Gasteiger partial charge on any atom is 0.266 e. The number of amides is 1. The number of nitrogens with zero attached hydrogens (tertiary/aromatic N) is 1. The summed E-state index contributed by atoms with van der Waals surface area (Å²) in [5, 5.41) is 5.29. The summed E-state index contributed by atoms with van der Waals surface area (Å²) in [7, 11) is 0. The van der Waals surface area contributed by atoms with Gasteiger partial charge in [0.25, 0.3) is 5.91 Å². The van der Waals surface area contributed by atoms with Crippen LogP contribution in [0.1, 0.15) is 85.3 Å². The Labute approximate surface area is 192 Å². The van der Waals surface area contributed by atoms with Crippen molar-refractivity contribution in [3.05, 3.63) is 53.1 Å². The minimum absolute atomic E-state index is 0.0563. The summed E-state index contributed by atoms with van der Waals surface area (Å²) in [5.41, 5.74) is 2.60. The van der Waals surface area contributed by atoms with E-state index in [9.17, 15) is 4.79 Å². The Balaban J connectivity index is 2.30. The third-order valence-electron chi connectivity index (χ3n) is 6.42. The molecule has 5 heteroatoms. The number of benzene rings is 1. The minimum atomic E-state index is -0.634. The fourth-order valence-electron chi connectivity index (χ4n) is 3.66. The molecule has 1 aromatic carbocycles. The summed E-state index contributed by atoms with van der Waals surface area (Å²) in [5.74, 6) is 0.576. The summed E-state index contributed by atoms with van der Waals surface area (Å²) in [6.07, 6.45) is 9.12. The van der Waals surface area contributed by atoms with Crippen LogP contribution in [0.2, 0.25) is 0 Å². The highest BCUT2D eigenvalue weighted by Crippen LogP contribution is 2.40. The van der Waals surface area contributed by atoms with Gasteiger partial charge >= 0.3 is 0 Å². The summed E-state index contributed by atoms with van der Waals surface area (Å²) in [6, 6.07) is 6.54. The van der Waals surface area contributed by atoms with Gasteiger partial charge in [0.15, 0.2) is 11.3 Å². The van der Waals surface area contributed by atoms with Crippen LogP contribution in [0, 0.1) is 0 Å². The molecule has 2 unspecified atom stereocenters. The molecule has 1 heterocycles. The first-order valence-corrected chi connectivity index (χ1v) is 12.2. The molecule has 1 aliphatic heterocycles. The minimum Gasteiger partial charge on any atom is -0.481 e. The van der Waals surface area contributed by atoms with Crippen molar-refractivity contribution in [3.63, 3.8) is 0 Å². The molecular formula is C26H38N2O2S. The first kappa shape index (κ1) is 25.3. The number of thioether (sulfide) groups is 1. The van der Waals surface area contributed by atoms with E-state index in [2.05, 4.69) is 70.1 Å². The quantitative estimate of drug-likeness (QED) is 0.455. The largest absolute Gasteiger partial charge is 0.481 e. The van der Waals surface area contributed by atoms with Crippen molar-refractivity contribution in [2.75, 3.05) is 0 Å². The molecule has 0 fully saturated rings. The van der Waals surface area contributed by atoms with Crippen LogP contribution in [-0.4, -0.2) is 17.2 Å². The lowest BCUT2D eigenvalue weighted by atomic mass is 9.73. The van der Waals surface area contributed by atoms with Gasteiger partial charge in [0, 0.05) is 11.8 Å². The Morgan fingerprint density at radius 1 is 1.16 bits per heavy atom. The van der Waals surface area contributed by atoms with Gasteiger partial charge in [-0.1, -0.05) is 77.9 Å². The van der Waals surface area contributed by atoms with Gasteiger partial charge in [0.2, 0.25) is 0 Å². The zero-order valence-corrected chi connectivity index (χ0v) is 20.9. The highest BCUT2D eigenvalue weighted by molar-refractivity contribution is 8.16. The third kappa shape index (κ3) is 6.49. The standard InChI is InChI=1S/C26H38N2O2S/c1-8-15-26(7,10-3)20-13-14-22(21(18-20)25(5,6)9-2)30-19(4)23(29)28-24-27-16-11-12-17-31-24/h11-14,16-19H,8-10,15H2,1-7H3,(H,27,28,29). The molecule has 31 heavy (non-hydrogen) atoms. The highest BCUT2D eigenvalue weighted by atomic mass is 32.2. The molecule has 2 atom stereocenters. The van der Waals surface area contributed by atoms with Crippen LogP contribution in [0.15, 0.2) is 47.0 Å². The van der Waals surface area contributed by atoms with Crippen LogP contribution >= 0.6 is 11.8 Å². The molecular weight excluding hydrogens is 404 g/mol. The predicted molar refractivity (Wildman–Crippen MR) is 134 cm³/mol. The Morgan fingerprint density at radius 2 is 1.90 bits per heavy atom. The van der Waals surface area contributed by atoms with Crippen LogP contribution in [0.25, 0.3) is 0 Å². The lowest BCUT2D eigenvalue weighted by molar-refractivity contribution is -0.125. The summed E-state index contributed by atoms with van der Waals surface area (Å²) >= 11 is 1.38. The second kappa shape index (κ2) is 11.0. The highest BCUT2D eigenvalue weighted by Gasteiger charge is 2.30. The summed E-state index contributed by atoms with van der Waals surface area (Å²) in [6.45, 7) is 15.3.